The van der Waals surface area contributed by atoms with Crippen LogP contribution in [0.4, 0.5) is 22.0 Å². The van der Waals surface area contributed by atoms with E-state index in [1.165, 1.54) is 31.4 Å². The second-order valence-electron chi connectivity index (χ2n) is 3.90. The number of ether oxygens (including phenoxy) is 2. The van der Waals surface area contributed by atoms with Gasteiger partial charge in [0, 0.05) is 0 Å². The fraction of sp³-hybridized carbons (Fsp3) is 0.417. The minimum atomic E-state index is -5.70. The highest BCUT2D eigenvalue weighted by atomic mass is 19.4. The number of methoxy groups -OCH3 is 1. The molecule has 0 bridgehead atoms. The number of carbonyl (C=O) groups is 1. The topological polar surface area (TPSA) is 35.5 Å². The van der Waals surface area contributed by atoms with E-state index in [-0.39, 0.29) is 12.0 Å². The lowest BCUT2D eigenvalue weighted by Gasteiger charge is -2.24. The molecule has 0 aliphatic rings. The van der Waals surface area contributed by atoms with Gasteiger partial charge in [-0.15, -0.1) is 0 Å². The van der Waals surface area contributed by atoms with Crippen LogP contribution in [0, 0.1) is 0 Å². The van der Waals surface area contributed by atoms with Crippen LogP contribution in [-0.2, 0) is 9.53 Å². The van der Waals surface area contributed by atoms with Crippen molar-refractivity contribution in [3.8, 4) is 5.75 Å². The van der Waals surface area contributed by atoms with Crippen LogP contribution in [0.5, 0.6) is 5.75 Å². The van der Waals surface area contributed by atoms with Crippen molar-refractivity contribution in [1.29, 1.82) is 0 Å². The smallest absolute Gasteiger partial charge is 0.453 e. The maximum Gasteiger partial charge on any atom is 0.453 e. The summed E-state index contributed by atoms with van der Waals surface area (Å²) in [6, 6.07) is 5.23. The van der Waals surface area contributed by atoms with Crippen molar-refractivity contribution in [2.45, 2.75) is 24.6 Å². The highest BCUT2D eigenvalue weighted by Crippen LogP contribution is 2.42. The molecule has 0 aliphatic carbocycles. The molecule has 20 heavy (non-hydrogen) atoms. The summed E-state index contributed by atoms with van der Waals surface area (Å²) in [6.45, 7) is -0.165. The summed E-state index contributed by atoms with van der Waals surface area (Å²) >= 11 is 0. The van der Waals surface area contributed by atoms with Crippen molar-refractivity contribution in [3.63, 3.8) is 0 Å². The number of hydrogen-bond acceptors (Lipinski definition) is 3. The molecular weight excluding hydrogens is 287 g/mol. The maximum absolute atomic E-state index is 13.0. The third kappa shape index (κ3) is 3.82. The first-order chi connectivity index (χ1) is 9.21. The van der Waals surface area contributed by atoms with Gasteiger partial charge in [-0.25, -0.2) is 0 Å². The Balaban J connectivity index is 2.96. The molecule has 0 saturated carbocycles. The van der Waals surface area contributed by atoms with Crippen LogP contribution >= 0.6 is 0 Å². The van der Waals surface area contributed by atoms with E-state index in [4.69, 9.17) is 4.74 Å². The van der Waals surface area contributed by atoms with E-state index in [0.29, 0.717) is 5.75 Å². The van der Waals surface area contributed by atoms with Gasteiger partial charge in [0.25, 0.3) is 6.47 Å². The van der Waals surface area contributed by atoms with E-state index in [1.54, 1.807) is 0 Å². The molecule has 0 heterocycles. The van der Waals surface area contributed by atoms with Crippen LogP contribution in [0.1, 0.15) is 18.1 Å². The molecule has 1 rings (SSSR count). The molecule has 0 saturated heterocycles. The van der Waals surface area contributed by atoms with E-state index in [9.17, 15) is 26.7 Å². The Morgan fingerprint density at radius 1 is 1.15 bits per heavy atom. The summed E-state index contributed by atoms with van der Waals surface area (Å²) in [6.07, 6.45) is -9.08. The van der Waals surface area contributed by atoms with E-state index in [2.05, 4.69) is 4.74 Å². The molecule has 3 nitrogen and oxygen atoms in total. The molecular formula is C12H11F5O3. The van der Waals surface area contributed by atoms with Gasteiger partial charge in [0.2, 0.25) is 0 Å². The fourth-order valence-corrected chi connectivity index (χ4v) is 1.48. The molecule has 0 aliphatic heterocycles. The quantitative estimate of drug-likeness (QED) is 0.595. The molecule has 1 aromatic rings. The molecule has 0 fully saturated rings. The van der Waals surface area contributed by atoms with E-state index in [0.717, 1.165) is 0 Å². The van der Waals surface area contributed by atoms with Gasteiger partial charge >= 0.3 is 12.1 Å². The largest absolute Gasteiger partial charge is 0.497 e. The Bertz CT molecular complexity index is 441. The summed E-state index contributed by atoms with van der Waals surface area (Å²) in [7, 11) is 1.37. The zero-order valence-electron chi connectivity index (χ0n) is 10.3. The molecule has 112 valence electrons. The maximum atomic E-state index is 13.0. The van der Waals surface area contributed by atoms with Crippen LogP contribution in [0.25, 0.3) is 0 Å². The van der Waals surface area contributed by atoms with Gasteiger partial charge in [-0.2, -0.15) is 22.0 Å². The Kier molecular flexibility index (Phi) is 4.91. The number of carbonyl (C=O) groups excluding carboxylic acids is 1. The van der Waals surface area contributed by atoms with Crippen molar-refractivity contribution in [1.82, 2.24) is 0 Å². The summed E-state index contributed by atoms with van der Waals surface area (Å²) in [4.78, 5) is 10.3. The summed E-state index contributed by atoms with van der Waals surface area (Å²) in [5.74, 6) is -4.57. The lowest BCUT2D eigenvalue weighted by Crippen LogP contribution is -2.38. The lowest BCUT2D eigenvalue weighted by atomic mass is 10.0. The number of benzene rings is 1. The average molecular weight is 298 g/mol. The number of alkyl halides is 5. The molecule has 8 heteroatoms. The van der Waals surface area contributed by atoms with Crippen LogP contribution in [0.2, 0.25) is 0 Å². The first-order valence-corrected chi connectivity index (χ1v) is 5.39. The van der Waals surface area contributed by atoms with Gasteiger partial charge in [0.15, 0.2) is 0 Å². The highest BCUT2D eigenvalue weighted by molar-refractivity contribution is 5.39. The second kappa shape index (κ2) is 6.06. The molecule has 0 spiro atoms. The van der Waals surface area contributed by atoms with Crippen LogP contribution in [0.3, 0.4) is 0 Å². The molecule has 1 unspecified atom stereocenters. The van der Waals surface area contributed by atoms with Crippen molar-refractivity contribution < 1.29 is 36.2 Å². The van der Waals surface area contributed by atoms with Gasteiger partial charge in [0.1, 0.15) is 11.9 Å². The zero-order valence-corrected chi connectivity index (χ0v) is 10.3. The van der Waals surface area contributed by atoms with Gasteiger partial charge in [-0.1, -0.05) is 12.1 Å². The summed E-state index contributed by atoms with van der Waals surface area (Å²) in [5.41, 5.74) is 0.0156. The lowest BCUT2D eigenvalue weighted by molar-refractivity contribution is -0.290. The Labute approximate surface area is 111 Å². The van der Waals surface area contributed by atoms with Crippen LogP contribution in [-0.4, -0.2) is 25.7 Å². The fourth-order valence-electron chi connectivity index (χ4n) is 1.48. The Hall–Kier alpha value is -1.86. The Morgan fingerprint density at radius 2 is 1.70 bits per heavy atom. The predicted octanol–water partition coefficient (Wildman–Crippen LogP) is 3.50. The normalized spacial score (nSPS) is 13.7. The van der Waals surface area contributed by atoms with Crippen molar-refractivity contribution in [2.24, 2.45) is 0 Å². The van der Waals surface area contributed by atoms with E-state index < -0.39 is 24.6 Å². The van der Waals surface area contributed by atoms with Crippen molar-refractivity contribution >= 4 is 6.47 Å². The number of hydrogen-bond donors (Lipinski definition) is 0. The average Bonchev–Trinajstić information content (AvgIpc) is 2.37. The zero-order chi connectivity index (χ0) is 15.4. The third-order valence-corrected chi connectivity index (χ3v) is 2.56. The van der Waals surface area contributed by atoms with Gasteiger partial charge in [-0.3, -0.25) is 4.79 Å². The minimum Gasteiger partial charge on any atom is -0.497 e. The van der Waals surface area contributed by atoms with Crippen molar-refractivity contribution in [2.75, 3.05) is 7.11 Å². The summed E-state index contributed by atoms with van der Waals surface area (Å²) < 4.78 is 71.6. The van der Waals surface area contributed by atoms with Gasteiger partial charge < -0.3 is 9.47 Å². The van der Waals surface area contributed by atoms with E-state index in [1.807, 2.05) is 0 Å². The third-order valence-electron chi connectivity index (χ3n) is 2.56. The Morgan fingerprint density at radius 3 is 2.10 bits per heavy atom. The molecule has 0 radical (unpaired) electrons. The van der Waals surface area contributed by atoms with Crippen LogP contribution < -0.4 is 4.74 Å². The monoisotopic (exact) mass is 298 g/mol. The van der Waals surface area contributed by atoms with Gasteiger partial charge in [-0.05, 0) is 17.7 Å². The second-order valence-corrected chi connectivity index (χ2v) is 3.90. The number of halogens is 5. The SMILES string of the molecule is COc1ccc(C(CC(F)(F)C(F)(F)F)OC=O)cc1. The minimum absolute atomic E-state index is 0.0156. The molecule has 0 aromatic heterocycles. The molecule has 0 amide bonds. The number of rotatable bonds is 6. The van der Waals surface area contributed by atoms with Crippen molar-refractivity contribution in [3.05, 3.63) is 29.8 Å². The first kappa shape index (κ1) is 16.2. The molecule has 1 atom stereocenters. The molecule has 1 aromatic carbocycles. The predicted molar refractivity (Wildman–Crippen MR) is 58.5 cm³/mol. The first-order valence-electron chi connectivity index (χ1n) is 5.39. The van der Waals surface area contributed by atoms with Crippen LogP contribution in [0.15, 0.2) is 24.3 Å². The van der Waals surface area contributed by atoms with E-state index >= 15 is 0 Å². The molecule has 0 N–H and O–H groups in total. The summed E-state index contributed by atoms with van der Waals surface area (Å²) in [5, 5.41) is 0. The van der Waals surface area contributed by atoms with Gasteiger partial charge in [0.05, 0.1) is 13.5 Å². The standard InChI is InChI=1S/C12H11F5O3/c1-19-9-4-2-8(3-5-9)10(20-7-18)6-11(13,14)12(15,16)17/h2-5,7,10H,6H2,1H3. The highest BCUT2D eigenvalue weighted by Gasteiger charge is 2.58.